The van der Waals surface area contributed by atoms with Crippen LogP contribution < -0.4 is 10.9 Å². The molecule has 1 aromatic rings. The van der Waals surface area contributed by atoms with Gasteiger partial charge in [0.1, 0.15) is 4.47 Å². The third-order valence-electron chi connectivity index (χ3n) is 2.11. The number of halogens is 1. The van der Waals surface area contributed by atoms with Gasteiger partial charge in [-0.15, -0.1) is 0 Å². The molecule has 0 aromatic carbocycles. The Hall–Kier alpha value is -0.880. The minimum absolute atomic E-state index is 0.158. The van der Waals surface area contributed by atoms with Crippen LogP contribution in [0.1, 0.15) is 20.8 Å². The smallest absolute Gasteiger partial charge is 0.283 e. The van der Waals surface area contributed by atoms with Crippen LogP contribution in [0.2, 0.25) is 0 Å². The van der Waals surface area contributed by atoms with Gasteiger partial charge in [0.15, 0.2) is 0 Å². The van der Waals surface area contributed by atoms with E-state index in [9.17, 15) is 4.79 Å². The van der Waals surface area contributed by atoms with Gasteiger partial charge in [-0.1, -0.05) is 13.8 Å². The summed E-state index contributed by atoms with van der Waals surface area (Å²) in [5.41, 5.74) is 0.449. The van der Waals surface area contributed by atoms with Crippen LogP contribution in [0.25, 0.3) is 0 Å². The standard InChI is InChI=1S/C11H18BrN3O2/c1-7(2)6-15-11(17)10(12)9(5-14-15)13-4-8(3)16/h5,7-8,13,16H,4,6H2,1-3H3. The number of nitrogens with one attached hydrogen (secondary N) is 1. The molecular formula is C11H18BrN3O2. The van der Waals surface area contributed by atoms with Crippen LogP contribution in [0.15, 0.2) is 15.5 Å². The number of aliphatic hydroxyl groups is 1. The van der Waals surface area contributed by atoms with Crippen molar-refractivity contribution < 1.29 is 5.11 Å². The first-order valence-electron chi connectivity index (χ1n) is 5.59. The molecule has 96 valence electrons. The first-order chi connectivity index (χ1) is 7.91. The summed E-state index contributed by atoms with van der Waals surface area (Å²) >= 11 is 3.25. The molecule has 0 aliphatic heterocycles. The molecule has 1 aromatic heterocycles. The minimum atomic E-state index is -0.472. The normalized spacial score (nSPS) is 12.8. The molecule has 0 aliphatic rings. The van der Waals surface area contributed by atoms with Crippen molar-refractivity contribution in [3.8, 4) is 0 Å². The van der Waals surface area contributed by atoms with Gasteiger partial charge >= 0.3 is 0 Å². The van der Waals surface area contributed by atoms with Crippen molar-refractivity contribution >= 4 is 21.6 Å². The molecule has 0 amide bonds. The Morgan fingerprint density at radius 1 is 1.53 bits per heavy atom. The Kier molecular flexibility index (Phi) is 5.14. The van der Waals surface area contributed by atoms with E-state index in [-0.39, 0.29) is 5.56 Å². The lowest BCUT2D eigenvalue weighted by Crippen LogP contribution is -2.27. The molecule has 1 atom stereocenters. The van der Waals surface area contributed by atoms with Gasteiger partial charge in [-0.3, -0.25) is 4.79 Å². The molecule has 6 heteroatoms. The van der Waals surface area contributed by atoms with Gasteiger partial charge in [0.05, 0.1) is 18.0 Å². The van der Waals surface area contributed by atoms with Gasteiger partial charge in [-0.25, -0.2) is 4.68 Å². The Morgan fingerprint density at radius 3 is 2.71 bits per heavy atom. The quantitative estimate of drug-likeness (QED) is 0.864. The molecule has 5 nitrogen and oxygen atoms in total. The lowest BCUT2D eigenvalue weighted by atomic mass is 10.2. The van der Waals surface area contributed by atoms with Crippen molar-refractivity contribution in [1.29, 1.82) is 0 Å². The monoisotopic (exact) mass is 303 g/mol. The lowest BCUT2D eigenvalue weighted by Gasteiger charge is -2.12. The molecule has 2 N–H and O–H groups in total. The van der Waals surface area contributed by atoms with Crippen molar-refractivity contribution in [3.63, 3.8) is 0 Å². The molecule has 0 bridgehead atoms. The van der Waals surface area contributed by atoms with E-state index >= 15 is 0 Å². The highest BCUT2D eigenvalue weighted by Gasteiger charge is 2.09. The molecule has 0 saturated heterocycles. The number of hydrogen-bond acceptors (Lipinski definition) is 4. The second-order valence-electron chi connectivity index (χ2n) is 4.48. The molecule has 1 unspecified atom stereocenters. The van der Waals surface area contributed by atoms with Crippen LogP contribution in [0.5, 0.6) is 0 Å². The van der Waals surface area contributed by atoms with Crippen molar-refractivity contribution in [3.05, 3.63) is 21.0 Å². The zero-order valence-electron chi connectivity index (χ0n) is 10.3. The summed E-state index contributed by atoms with van der Waals surface area (Å²) in [5.74, 6) is 0.364. The average Bonchev–Trinajstić information content (AvgIpc) is 2.23. The summed E-state index contributed by atoms with van der Waals surface area (Å²) in [6.45, 7) is 6.71. The second-order valence-corrected chi connectivity index (χ2v) is 5.28. The number of aliphatic hydroxyl groups excluding tert-OH is 1. The van der Waals surface area contributed by atoms with Crippen molar-refractivity contribution in [2.75, 3.05) is 11.9 Å². The van der Waals surface area contributed by atoms with Crippen LogP contribution in [0.3, 0.4) is 0 Å². The van der Waals surface area contributed by atoms with Crippen molar-refractivity contribution in [2.45, 2.75) is 33.4 Å². The van der Waals surface area contributed by atoms with Crippen LogP contribution in [-0.4, -0.2) is 27.5 Å². The molecule has 0 spiro atoms. The maximum atomic E-state index is 11.9. The predicted octanol–water partition coefficient (Wildman–Crippen LogP) is 1.45. The SMILES string of the molecule is CC(C)Cn1ncc(NCC(C)O)c(Br)c1=O. The first kappa shape index (κ1) is 14.2. The fraction of sp³-hybridized carbons (Fsp3) is 0.636. The number of hydrogen-bond donors (Lipinski definition) is 2. The fourth-order valence-electron chi connectivity index (χ4n) is 1.32. The third kappa shape index (κ3) is 4.12. The summed E-state index contributed by atoms with van der Waals surface area (Å²) in [4.78, 5) is 11.9. The number of anilines is 1. The number of rotatable bonds is 5. The molecule has 17 heavy (non-hydrogen) atoms. The zero-order valence-corrected chi connectivity index (χ0v) is 11.9. The van der Waals surface area contributed by atoms with Crippen molar-refractivity contribution in [1.82, 2.24) is 9.78 Å². The van der Waals surface area contributed by atoms with E-state index in [1.54, 1.807) is 13.1 Å². The van der Waals surface area contributed by atoms with E-state index in [0.29, 0.717) is 29.2 Å². The Morgan fingerprint density at radius 2 is 2.18 bits per heavy atom. The molecule has 0 fully saturated rings. The van der Waals surface area contributed by atoms with E-state index in [1.807, 2.05) is 13.8 Å². The van der Waals surface area contributed by atoms with E-state index < -0.39 is 6.10 Å². The predicted molar refractivity (Wildman–Crippen MR) is 71.2 cm³/mol. The van der Waals surface area contributed by atoms with Gasteiger partial charge in [-0.2, -0.15) is 5.10 Å². The number of aromatic nitrogens is 2. The van der Waals surface area contributed by atoms with Gasteiger partial charge in [0.2, 0.25) is 0 Å². The molecular weight excluding hydrogens is 286 g/mol. The molecule has 0 aliphatic carbocycles. The van der Waals surface area contributed by atoms with E-state index in [4.69, 9.17) is 5.11 Å². The molecule has 0 saturated carbocycles. The van der Waals surface area contributed by atoms with Crippen LogP contribution >= 0.6 is 15.9 Å². The Labute approximate surface area is 109 Å². The number of nitrogens with zero attached hydrogens (tertiary/aromatic N) is 2. The summed E-state index contributed by atoms with van der Waals surface area (Å²) in [7, 11) is 0. The third-order valence-corrected chi connectivity index (χ3v) is 2.88. The molecule has 1 heterocycles. The largest absolute Gasteiger partial charge is 0.392 e. The summed E-state index contributed by atoms with van der Waals surface area (Å²) in [6.07, 6.45) is 1.12. The highest BCUT2D eigenvalue weighted by Crippen LogP contribution is 2.16. The fourth-order valence-corrected chi connectivity index (χ4v) is 1.77. The van der Waals surface area contributed by atoms with Crippen LogP contribution in [0.4, 0.5) is 5.69 Å². The second kappa shape index (κ2) is 6.16. The van der Waals surface area contributed by atoms with E-state index in [1.165, 1.54) is 4.68 Å². The highest BCUT2D eigenvalue weighted by molar-refractivity contribution is 9.10. The molecule has 1 rings (SSSR count). The van der Waals surface area contributed by atoms with Gasteiger partial charge < -0.3 is 10.4 Å². The summed E-state index contributed by atoms with van der Waals surface area (Å²) in [5, 5.41) is 16.2. The van der Waals surface area contributed by atoms with Crippen molar-refractivity contribution in [2.24, 2.45) is 5.92 Å². The Bertz CT molecular complexity index is 429. The van der Waals surface area contributed by atoms with Crippen LogP contribution in [-0.2, 0) is 6.54 Å². The summed E-state index contributed by atoms with van der Waals surface area (Å²) in [6, 6.07) is 0. The Balaban J connectivity index is 2.90. The topological polar surface area (TPSA) is 67.2 Å². The van der Waals surface area contributed by atoms with Gasteiger partial charge in [0.25, 0.3) is 5.56 Å². The maximum Gasteiger partial charge on any atom is 0.283 e. The van der Waals surface area contributed by atoms with Crippen LogP contribution in [0, 0.1) is 5.92 Å². The lowest BCUT2D eigenvalue weighted by molar-refractivity contribution is 0.208. The van der Waals surface area contributed by atoms with Gasteiger partial charge in [0, 0.05) is 13.1 Å². The van der Waals surface area contributed by atoms with Gasteiger partial charge in [-0.05, 0) is 28.8 Å². The minimum Gasteiger partial charge on any atom is -0.392 e. The maximum absolute atomic E-state index is 11.9. The van der Waals surface area contributed by atoms with E-state index in [2.05, 4.69) is 26.3 Å². The van der Waals surface area contributed by atoms with E-state index in [0.717, 1.165) is 0 Å². The molecule has 0 radical (unpaired) electrons. The average molecular weight is 304 g/mol. The highest BCUT2D eigenvalue weighted by atomic mass is 79.9. The zero-order chi connectivity index (χ0) is 13.0. The summed E-state index contributed by atoms with van der Waals surface area (Å²) < 4.78 is 1.89. The first-order valence-corrected chi connectivity index (χ1v) is 6.38.